The minimum absolute atomic E-state index is 0.253. The van der Waals surface area contributed by atoms with E-state index < -0.39 is 12.0 Å². The van der Waals surface area contributed by atoms with Gasteiger partial charge in [0, 0.05) is 12.8 Å². The number of nitrogens with one attached hydrogen (secondary N) is 1. The smallest absolute Gasteiger partial charge is 0.326 e. The van der Waals surface area contributed by atoms with Crippen LogP contribution in [0.3, 0.4) is 0 Å². The van der Waals surface area contributed by atoms with E-state index in [1.165, 1.54) is 4.85 Å². The van der Waals surface area contributed by atoms with Crippen molar-refractivity contribution < 1.29 is 19.5 Å². The molecule has 152 valence electrons. The molecular formula is C21H24N4O4. The Kier molecular flexibility index (Phi) is 7.16. The minimum Gasteiger partial charge on any atom is -0.480 e. The predicted octanol–water partition coefficient (Wildman–Crippen LogP) is 2.23. The van der Waals surface area contributed by atoms with Crippen molar-refractivity contribution in [1.82, 2.24) is 20.5 Å². The number of para-hydroxylation sites is 1. The fourth-order valence-electron chi connectivity index (χ4n) is 2.97. The molecule has 8 heteroatoms. The second-order valence-electron chi connectivity index (χ2n) is 6.74. The summed E-state index contributed by atoms with van der Waals surface area (Å²) in [6.07, 6.45) is 2.75. The fraction of sp³-hybridized carbons (Fsp3) is 0.333. The van der Waals surface area contributed by atoms with Crippen LogP contribution in [0.1, 0.15) is 31.2 Å². The molecule has 29 heavy (non-hydrogen) atoms. The molecule has 1 heterocycles. The van der Waals surface area contributed by atoms with E-state index in [1.807, 2.05) is 54.6 Å². The van der Waals surface area contributed by atoms with Gasteiger partial charge in [0.1, 0.15) is 23.7 Å². The van der Waals surface area contributed by atoms with Gasteiger partial charge in [-0.3, -0.25) is 4.79 Å². The van der Waals surface area contributed by atoms with Crippen molar-refractivity contribution >= 4 is 22.9 Å². The number of carbonyl (C=O) groups is 2. The van der Waals surface area contributed by atoms with Crippen molar-refractivity contribution in [2.45, 2.75) is 38.1 Å². The molecule has 0 fully saturated rings. The molecule has 1 atom stereocenters. The second-order valence-corrected chi connectivity index (χ2v) is 6.74. The average Bonchev–Trinajstić information content (AvgIpc) is 3.14. The van der Waals surface area contributed by atoms with Gasteiger partial charge in [0.25, 0.3) is 0 Å². The van der Waals surface area contributed by atoms with E-state index >= 15 is 0 Å². The zero-order chi connectivity index (χ0) is 20.5. The lowest BCUT2D eigenvalue weighted by atomic mass is 10.1. The van der Waals surface area contributed by atoms with E-state index in [-0.39, 0.29) is 18.7 Å². The van der Waals surface area contributed by atoms with Crippen LogP contribution in [-0.2, 0) is 16.0 Å². The summed E-state index contributed by atoms with van der Waals surface area (Å²) in [4.78, 5) is 30.5. The quantitative estimate of drug-likeness (QED) is 0.482. The van der Waals surface area contributed by atoms with Crippen LogP contribution < -0.4 is 10.2 Å². The van der Waals surface area contributed by atoms with Gasteiger partial charge in [0.05, 0.1) is 0 Å². The summed E-state index contributed by atoms with van der Waals surface area (Å²) in [5.74, 6) is -1.29. The Hall–Kier alpha value is -3.42. The van der Waals surface area contributed by atoms with Gasteiger partial charge in [-0.1, -0.05) is 47.3 Å². The summed E-state index contributed by atoms with van der Waals surface area (Å²) in [6, 6.07) is 15.9. The number of carboxylic acids is 1. The van der Waals surface area contributed by atoms with Crippen LogP contribution in [-0.4, -0.2) is 44.8 Å². The van der Waals surface area contributed by atoms with Crippen LogP contribution in [0.5, 0.6) is 0 Å². The first-order valence-electron chi connectivity index (χ1n) is 9.63. The number of fused-ring (bicyclic) bond motifs is 1. The average molecular weight is 396 g/mol. The first-order valence-corrected chi connectivity index (χ1v) is 9.63. The molecule has 0 bridgehead atoms. The van der Waals surface area contributed by atoms with E-state index in [0.29, 0.717) is 13.0 Å². The lowest BCUT2D eigenvalue weighted by molar-refractivity contribution is -0.141. The lowest BCUT2D eigenvalue weighted by Gasteiger charge is -2.14. The number of nitrogens with zero attached hydrogens (tertiary/aromatic N) is 3. The molecule has 0 saturated carbocycles. The van der Waals surface area contributed by atoms with Crippen LogP contribution in [0.25, 0.3) is 11.0 Å². The summed E-state index contributed by atoms with van der Waals surface area (Å²) >= 11 is 0. The number of carboxylic acid groups (broad SMARTS) is 1. The number of amides is 1. The molecule has 8 nitrogen and oxygen atoms in total. The zero-order valence-electron chi connectivity index (χ0n) is 16.0. The molecule has 0 aliphatic heterocycles. The van der Waals surface area contributed by atoms with E-state index in [0.717, 1.165) is 29.4 Å². The number of benzene rings is 2. The Morgan fingerprint density at radius 3 is 2.59 bits per heavy atom. The highest BCUT2D eigenvalue weighted by Crippen LogP contribution is 2.09. The summed E-state index contributed by atoms with van der Waals surface area (Å²) < 4.78 is 0. The van der Waals surface area contributed by atoms with Gasteiger partial charge in [0.15, 0.2) is 0 Å². The second kappa shape index (κ2) is 10.2. The van der Waals surface area contributed by atoms with Crippen LogP contribution >= 0.6 is 0 Å². The third kappa shape index (κ3) is 6.03. The molecule has 0 spiro atoms. The lowest BCUT2D eigenvalue weighted by Crippen LogP contribution is -2.42. The standard InChI is InChI=1S/C21H24N4O4/c26-20(22-18(21(27)28)15-16-9-3-1-4-10-16)13-5-2-8-14-29-25-19-12-7-6-11-17(19)23-24-25/h1,3-4,6-7,9-12,18H,2,5,8,13-15H2,(H,22,26)(H,27,28)/t18-/m0/s1. The van der Waals surface area contributed by atoms with Gasteiger partial charge >= 0.3 is 5.97 Å². The monoisotopic (exact) mass is 396 g/mol. The van der Waals surface area contributed by atoms with Crippen molar-refractivity contribution in [3.8, 4) is 0 Å². The van der Waals surface area contributed by atoms with Gasteiger partial charge < -0.3 is 15.3 Å². The molecule has 0 radical (unpaired) electrons. The summed E-state index contributed by atoms with van der Waals surface area (Å²) in [5.41, 5.74) is 2.45. The van der Waals surface area contributed by atoms with Crippen LogP contribution in [0.4, 0.5) is 0 Å². The molecule has 2 aromatic carbocycles. The molecule has 3 rings (SSSR count). The molecule has 3 aromatic rings. The van der Waals surface area contributed by atoms with Crippen molar-refractivity contribution in [3.05, 3.63) is 60.2 Å². The maximum atomic E-state index is 12.1. The summed E-state index contributed by atoms with van der Waals surface area (Å²) in [5, 5.41) is 19.9. The minimum atomic E-state index is -1.03. The molecular weight excluding hydrogens is 372 g/mol. The van der Waals surface area contributed by atoms with Crippen molar-refractivity contribution in [2.75, 3.05) is 6.61 Å². The Morgan fingerprint density at radius 2 is 1.79 bits per heavy atom. The molecule has 1 amide bonds. The SMILES string of the molecule is O=C(CCCCCOn1nnc2ccccc21)N[C@@H](Cc1ccccc1)C(=O)O. The van der Waals surface area contributed by atoms with E-state index in [9.17, 15) is 14.7 Å². The number of aromatic nitrogens is 3. The van der Waals surface area contributed by atoms with Crippen LogP contribution in [0.2, 0.25) is 0 Å². The molecule has 0 aliphatic rings. The summed E-state index contributed by atoms with van der Waals surface area (Å²) in [7, 11) is 0. The Bertz CT molecular complexity index is 942. The highest BCUT2D eigenvalue weighted by atomic mass is 16.7. The third-order valence-electron chi connectivity index (χ3n) is 4.50. The molecule has 1 aromatic heterocycles. The first-order chi connectivity index (χ1) is 14.1. The molecule has 0 aliphatic carbocycles. The van der Waals surface area contributed by atoms with E-state index in [4.69, 9.17) is 4.84 Å². The van der Waals surface area contributed by atoms with Crippen molar-refractivity contribution in [3.63, 3.8) is 0 Å². The van der Waals surface area contributed by atoms with Gasteiger partial charge in [-0.25, -0.2) is 4.79 Å². The Morgan fingerprint density at radius 1 is 1.03 bits per heavy atom. The number of rotatable bonds is 11. The maximum absolute atomic E-state index is 12.1. The number of aliphatic carboxylic acids is 1. The maximum Gasteiger partial charge on any atom is 0.326 e. The Labute approximate surface area is 168 Å². The van der Waals surface area contributed by atoms with Gasteiger partial charge in [-0.05, 0) is 42.2 Å². The topological polar surface area (TPSA) is 106 Å². The highest BCUT2D eigenvalue weighted by molar-refractivity contribution is 5.83. The number of hydrogen-bond acceptors (Lipinski definition) is 5. The van der Waals surface area contributed by atoms with Gasteiger partial charge in [-0.2, -0.15) is 0 Å². The van der Waals surface area contributed by atoms with Gasteiger partial charge in [0.2, 0.25) is 5.91 Å². The number of carbonyl (C=O) groups excluding carboxylic acids is 1. The fourth-order valence-corrected chi connectivity index (χ4v) is 2.97. The zero-order valence-corrected chi connectivity index (χ0v) is 16.0. The molecule has 0 unspecified atom stereocenters. The van der Waals surface area contributed by atoms with Crippen LogP contribution in [0, 0.1) is 0 Å². The summed E-state index contributed by atoms with van der Waals surface area (Å²) in [6.45, 7) is 0.459. The predicted molar refractivity (Wildman–Crippen MR) is 107 cm³/mol. The third-order valence-corrected chi connectivity index (χ3v) is 4.50. The first kappa shape index (κ1) is 20.3. The van der Waals surface area contributed by atoms with E-state index in [1.54, 1.807) is 0 Å². The normalized spacial score (nSPS) is 11.9. The van der Waals surface area contributed by atoms with Crippen LogP contribution in [0.15, 0.2) is 54.6 Å². The van der Waals surface area contributed by atoms with Gasteiger partial charge in [-0.15, -0.1) is 5.10 Å². The largest absolute Gasteiger partial charge is 0.480 e. The van der Waals surface area contributed by atoms with Crippen molar-refractivity contribution in [1.29, 1.82) is 0 Å². The van der Waals surface area contributed by atoms with Crippen molar-refractivity contribution in [2.24, 2.45) is 0 Å². The van der Waals surface area contributed by atoms with E-state index in [2.05, 4.69) is 15.6 Å². The number of unbranched alkanes of at least 4 members (excludes halogenated alkanes) is 2. The molecule has 2 N–H and O–H groups in total. The molecule has 0 saturated heterocycles. The highest BCUT2D eigenvalue weighted by Gasteiger charge is 2.20. The Balaban J connectivity index is 1.34. The number of hydrogen-bond donors (Lipinski definition) is 2.